The molecule has 202 valence electrons. The molecular weight excluding hydrogens is 490 g/mol. The lowest BCUT2D eigenvalue weighted by atomic mass is 9.94. The molecule has 2 unspecified atom stereocenters. The minimum Gasteiger partial charge on any atom is -0.507 e. The van der Waals surface area contributed by atoms with Crippen molar-refractivity contribution in [1.29, 1.82) is 0 Å². The number of Topliss-reactive ketones (excluding diaryl/α,β-unsaturated/α-hetero) is 1. The number of rotatable bonds is 10. The van der Waals surface area contributed by atoms with Gasteiger partial charge >= 0.3 is 0 Å². The first kappa shape index (κ1) is 26.5. The highest BCUT2D eigenvalue weighted by Gasteiger charge is 2.46. The van der Waals surface area contributed by atoms with Crippen molar-refractivity contribution in [3.8, 4) is 11.5 Å². The molecule has 0 radical (unpaired) electrons. The predicted molar refractivity (Wildman–Crippen MR) is 151 cm³/mol. The van der Waals surface area contributed by atoms with Crippen molar-refractivity contribution in [2.24, 2.45) is 0 Å². The molecule has 2 aliphatic rings. The van der Waals surface area contributed by atoms with E-state index in [1.54, 1.807) is 11.0 Å². The number of unbranched alkanes of at least 4 members (excludes halogenated alkanes) is 2. The van der Waals surface area contributed by atoms with E-state index in [-0.39, 0.29) is 17.4 Å². The maximum Gasteiger partial charge on any atom is 0.295 e. The number of ketones is 1. The molecule has 3 aromatic carbocycles. The zero-order chi connectivity index (χ0) is 27.4. The van der Waals surface area contributed by atoms with Gasteiger partial charge in [-0.05, 0) is 66.8 Å². The number of carbonyl (C=O) groups excluding carboxylic acids is 2. The van der Waals surface area contributed by atoms with Crippen molar-refractivity contribution in [1.82, 2.24) is 4.90 Å². The molecule has 39 heavy (non-hydrogen) atoms. The van der Waals surface area contributed by atoms with Crippen LogP contribution >= 0.6 is 0 Å². The molecule has 1 saturated heterocycles. The van der Waals surface area contributed by atoms with Gasteiger partial charge in [-0.15, -0.1) is 0 Å². The molecule has 2 heterocycles. The van der Waals surface area contributed by atoms with Crippen molar-refractivity contribution in [3.63, 3.8) is 0 Å². The summed E-state index contributed by atoms with van der Waals surface area (Å²) in [6, 6.07) is 22.1. The van der Waals surface area contributed by atoms with E-state index in [9.17, 15) is 14.7 Å². The number of aliphatic hydroxyl groups is 1. The summed E-state index contributed by atoms with van der Waals surface area (Å²) in [7, 11) is 0. The fraction of sp³-hybridized carbons (Fsp3) is 0.333. The van der Waals surface area contributed by atoms with E-state index in [1.807, 2.05) is 73.7 Å². The van der Waals surface area contributed by atoms with Gasteiger partial charge in [0.1, 0.15) is 23.4 Å². The zero-order valence-electron chi connectivity index (χ0n) is 22.6. The third kappa shape index (κ3) is 5.70. The van der Waals surface area contributed by atoms with Crippen LogP contribution < -0.4 is 9.47 Å². The van der Waals surface area contributed by atoms with Gasteiger partial charge in [-0.25, -0.2) is 0 Å². The minimum atomic E-state index is -0.726. The van der Waals surface area contributed by atoms with Gasteiger partial charge in [-0.2, -0.15) is 0 Å². The number of ether oxygens (including phenoxy) is 2. The Hall–Kier alpha value is -4.06. The van der Waals surface area contributed by atoms with E-state index < -0.39 is 17.7 Å². The van der Waals surface area contributed by atoms with Crippen molar-refractivity contribution >= 4 is 17.4 Å². The fourth-order valence-corrected chi connectivity index (χ4v) is 5.39. The van der Waals surface area contributed by atoms with E-state index in [4.69, 9.17) is 9.47 Å². The lowest BCUT2D eigenvalue weighted by Gasteiger charge is -2.26. The average molecular weight is 526 g/mol. The molecule has 3 aromatic rings. The number of likely N-dealkylation sites (tertiary alicyclic amines) is 1. The molecule has 1 amide bonds. The molecule has 1 fully saturated rings. The fourth-order valence-electron chi connectivity index (χ4n) is 5.39. The Balaban J connectivity index is 1.52. The maximum atomic E-state index is 13.5. The van der Waals surface area contributed by atoms with Crippen LogP contribution in [0.4, 0.5) is 0 Å². The minimum absolute atomic E-state index is 0.0565. The van der Waals surface area contributed by atoms with E-state index in [2.05, 4.69) is 6.92 Å². The Labute approximate surface area is 229 Å². The molecule has 6 heteroatoms. The molecule has 1 N–H and O–H groups in total. The number of aliphatic hydroxyl groups excluding tert-OH is 1. The third-order valence-electron chi connectivity index (χ3n) is 7.38. The Morgan fingerprint density at radius 1 is 1.03 bits per heavy atom. The highest BCUT2D eigenvalue weighted by atomic mass is 16.5. The van der Waals surface area contributed by atoms with Gasteiger partial charge in [0, 0.05) is 18.5 Å². The van der Waals surface area contributed by atoms with Crippen LogP contribution in [0.15, 0.2) is 78.4 Å². The zero-order valence-corrected chi connectivity index (χ0v) is 22.6. The number of fused-ring (bicyclic) bond motifs is 1. The Kier molecular flexibility index (Phi) is 8.01. The molecule has 2 atom stereocenters. The predicted octanol–water partition coefficient (Wildman–Crippen LogP) is 6.24. The van der Waals surface area contributed by atoms with Gasteiger partial charge in [0.05, 0.1) is 18.2 Å². The first-order chi connectivity index (χ1) is 19.0. The normalized spacial score (nSPS) is 19.7. The number of benzene rings is 3. The second-order valence-electron chi connectivity index (χ2n) is 10.3. The molecule has 5 rings (SSSR count). The number of hydrogen-bond acceptors (Lipinski definition) is 5. The van der Waals surface area contributed by atoms with Crippen molar-refractivity contribution in [2.45, 2.75) is 58.1 Å². The second-order valence-corrected chi connectivity index (χ2v) is 10.3. The summed E-state index contributed by atoms with van der Waals surface area (Å²) >= 11 is 0. The topological polar surface area (TPSA) is 76.1 Å². The molecule has 0 spiro atoms. The third-order valence-corrected chi connectivity index (χ3v) is 7.38. The number of nitrogens with zero attached hydrogens (tertiary/aromatic N) is 1. The van der Waals surface area contributed by atoms with E-state index >= 15 is 0 Å². The highest BCUT2D eigenvalue weighted by Crippen LogP contribution is 2.41. The van der Waals surface area contributed by atoms with Gasteiger partial charge < -0.3 is 19.5 Å². The summed E-state index contributed by atoms with van der Waals surface area (Å²) in [5.41, 5.74) is 3.38. The molecule has 0 saturated carbocycles. The van der Waals surface area contributed by atoms with Crippen LogP contribution in [0.1, 0.15) is 61.4 Å². The first-order valence-corrected chi connectivity index (χ1v) is 13.8. The molecule has 2 aliphatic heterocycles. The Bertz CT molecular complexity index is 1380. The van der Waals surface area contributed by atoms with Crippen LogP contribution in [0.25, 0.3) is 5.76 Å². The van der Waals surface area contributed by atoms with E-state index in [1.165, 1.54) is 0 Å². The van der Waals surface area contributed by atoms with Gasteiger partial charge in [0.2, 0.25) is 0 Å². The van der Waals surface area contributed by atoms with Gasteiger partial charge in [-0.3, -0.25) is 9.59 Å². The molecule has 0 aliphatic carbocycles. The number of amides is 1. The van der Waals surface area contributed by atoms with Crippen molar-refractivity contribution in [3.05, 3.63) is 101 Å². The Morgan fingerprint density at radius 2 is 1.85 bits per heavy atom. The summed E-state index contributed by atoms with van der Waals surface area (Å²) in [6.07, 6.45) is 4.52. The Morgan fingerprint density at radius 3 is 2.64 bits per heavy atom. The largest absolute Gasteiger partial charge is 0.507 e. The summed E-state index contributed by atoms with van der Waals surface area (Å²) < 4.78 is 11.8. The smallest absolute Gasteiger partial charge is 0.295 e. The quantitative estimate of drug-likeness (QED) is 0.147. The van der Waals surface area contributed by atoms with Crippen LogP contribution in [0.5, 0.6) is 11.5 Å². The summed E-state index contributed by atoms with van der Waals surface area (Å²) in [5.74, 6) is 0.0137. The van der Waals surface area contributed by atoms with Crippen molar-refractivity contribution < 1.29 is 24.2 Å². The van der Waals surface area contributed by atoms with Crippen LogP contribution in [-0.4, -0.2) is 41.0 Å². The van der Waals surface area contributed by atoms with Crippen molar-refractivity contribution in [2.75, 3.05) is 13.2 Å². The molecule has 0 bridgehead atoms. The van der Waals surface area contributed by atoms with Gasteiger partial charge in [-0.1, -0.05) is 62.2 Å². The number of hydrogen-bond donors (Lipinski definition) is 1. The summed E-state index contributed by atoms with van der Waals surface area (Å²) in [6.45, 7) is 5.08. The maximum absolute atomic E-state index is 13.5. The van der Waals surface area contributed by atoms with Gasteiger partial charge in [0.25, 0.3) is 11.7 Å². The SMILES string of the molecule is CCCCCOc1cccc(C2/C(=C(/O)c3ccc4c(c3)CC(C)O4)C(=O)C(=O)N2CCc2ccccc2)c1. The van der Waals surface area contributed by atoms with Crippen LogP contribution in [0.2, 0.25) is 0 Å². The monoisotopic (exact) mass is 525 g/mol. The lowest BCUT2D eigenvalue weighted by Crippen LogP contribution is -2.31. The van der Waals surface area contributed by atoms with Crippen LogP contribution in [-0.2, 0) is 22.4 Å². The second kappa shape index (κ2) is 11.8. The summed E-state index contributed by atoms with van der Waals surface area (Å²) in [5, 5.41) is 11.5. The van der Waals surface area contributed by atoms with Crippen LogP contribution in [0, 0.1) is 0 Å². The molecular formula is C33H35NO5. The van der Waals surface area contributed by atoms with Crippen LogP contribution in [0.3, 0.4) is 0 Å². The number of carbonyl (C=O) groups is 2. The first-order valence-electron chi connectivity index (χ1n) is 13.8. The average Bonchev–Trinajstić information content (AvgIpc) is 3.45. The molecule has 0 aromatic heterocycles. The highest BCUT2D eigenvalue weighted by molar-refractivity contribution is 6.46. The van der Waals surface area contributed by atoms with E-state index in [0.29, 0.717) is 30.9 Å². The molecule has 6 nitrogen and oxygen atoms in total. The lowest BCUT2D eigenvalue weighted by molar-refractivity contribution is -0.139. The van der Waals surface area contributed by atoms with E-state index in [0.717, 1.165) is 48.1 Å². The summed E-state index contributed by atoms with van der Waals surface area (Å²) in [4.78, 5) is 28.4. The van der Waals surface area contributed by atoms with Gasteiger partial charge in [0.15, 0.2) is 0 Å². The standard InChI is InChI=1S/C33H35NO5/c1-3-4-8-18-38-27-13-9-12-24(21-27)30-29(31(35)25-14-15-28-26(20-25)19-22(2)39-28)32(36)33(37)34(30)17-16-23-10-6-5-7-11-23/h5-7,9-15,20-22,30,35H,3-4,8,16-19H2,1-2H3/b31-29-.